The zero-order valence-corrected chi connectivity index (χ0v) is 73.7. The highest BCUT2D eigenvalue weighted by molar-refractivity contribution is 6.32. The lowest BCUT2D eigenvalue weighted by atomic mass is 9.93. The molecule has 0 unspecified atom stereocenters. The van der Waals surface area contributed by atoms with Crippen LogP contribution in [0, 0.1) is 0 Å². The molecule has 0 N–H and O–H groups in total. The van der Waals surface area contributed by atoms with Crippen LogP contribution < -0.4 is 0 Å². The quantitative estimate of drug-likeness (QED) is 0.118. The summed E-state index contributed by atoms with van der Waals surface area (Å²) in [5.41, 5.74) is 17.0. The molecule has 0 aliphatic carbocycles. The van der Waals surface area contributed by atoms with Crippen LogP contribution in [0.25, 0.3) is 288 Å². The highest BCUT2D eigenvalue weighted by Gasteiger charge is 2.27. The molecule has 0 aliphatic heterocycles. The minimum absolute atomic E-state index is 0.537. The van der Waals surface area contributed by atoms with Crippen molar-refractivity contribution in [2.24, 2.45) is 0 Å². The number of hydrogen-bond donors (Lipinski definition) is 0. The highest BCUT2D eigenvalue weighted by atomic mass is 16.3. The van der Waals surface area contributed by atoms with E-state index in [1.54, 1.807) is 6.20 Å². The van der Waals surface area contributed by atoms with Crippen LogP contribution in [0.5, 0.6) is 0 Å². The Bertz CT molecular complexity index is 9960. The lowest BCUT2D eigenvalue weighted by molar-refractivity contribution is 0.668. The number of furan rings is 4. The van der Waals surface area contributed by atoms with E-state index < -0.39 is 0 Å². The number of aromatic nitrogens is 10. The monoisotopic (exact) mass is 1760 g/mol. The Hall–Kier alpha value is -18.9. The number of nitrogens with zero attached hydrogens (tertiary/aromatic N) is 10. The predicted molar refractivity (Wildman–Crippen MR) is 561 cm³/mol. The molecule has 642 valence electrons. The van der Waals surface area contributed by atoms with Gasteiger partial charge in [-0.25, -0.2) is 44.9 Å². The van der Waals surface area contributed by atoms with Crippen LogP contribution in [0.4, 0.5) is 0 Å². The maximum atomic E-state index is 6.51. The molecular weight excluding hydrogens is 1690 g/mol. The van der Waals surface area contributed by atoms with Gasteiger partial charge < -0.3 is 17.7 Å². The van der Waals surface area contributed by atoms with Crippen molar-refractivity contribution in [2.75, 3.05) is 0 Å². The first-order valence-corrected chi connectivity index (χ1v) is 46.0. The summed E-state index contributed by atoms with van der Waals surface area (Å²) in [6.07, 6.45) is 1.76. The van der Waals surface area contributed by atoms with Crippen LogP contribution in [0.3, 0.4) is 0 Å². The third-order valence-electron chi connectivity index (χ3n) is 26.6. The lowest BCUT2D eigenvalue weighted by Gasteiger charge is -2.13. The van der Waals surface area contributed by atoms with E-state index in [4.69, 9.17) is 62.5 Å². The molecule has 14 nitrogen and oxygen atoms in total. The summed E-state index contributed by atoms with van der Waals surface area (Å²) >= 11 is 0. The van der Waals surface area contributed by atoms with E-state index >= 15 is 0 Å². The van der Waals surface area contributed by atoms with Crippen molar-refractivity contribution < 1.29 is 17.7 Å². The second kappa shape index (κ2) is 32.5. The van der Waals surface area contributed by atoms with Crippen LogP contribution in [0.15, 0.2) is 455 Å². The van der Waals surface area contributed by atoms with Crippen LogP contribution in [0.1, 0.15) is 0 Å². The second-order valence-corrected chi connectivity index (χ2v) is 34.6. The molecule has 0 aliphatic rings. The summed E-state index contributed by atoms with van der Waals surface area (Å²) in [7, 11) is 0. The van der Waals surface area contributed by atoms with Gasteiger partial charge in [0.1, 0.15) is 50.4 Å². The van der Waals surface area contributed by atoms with Crippen molar-refractivity contribution >= 4 is 174 Å². The molecule has 8 aromatic heterocycles. The average Bonchev–Trinajstić information content (AvgIpc) is 1.54. The van der Waals surface area contributed by atoms with Gasteiger partial charge in [-0.15, -0.1) is 0 Å². The van der Waals surface area contributed by atoms with E-state index in [-0.39, 0.29) is 0 Å². The molecule has 0 spiro atoms. The molecule has 0 atom stereocenters. The van der Waals surface area contributed by atoms with Gasteiger partial charge in [-0.1, -0.05) is 358 Å². The van der Waals surface area contributed by atoms with Crippen LogP contribution in [-0.2, 0) is 0 Å². The highest BCUT2D eigenvalue weighted by Crippen LogP contribution is 2.49. The van der Waals surface area contributed by atoms with Crippen molar-refractivity contribution in [3.8, 4) is 114 Å². The third-order valence-corrected chi connectivity index (χ3v) is 26.6. The number of fused-ring (bicyclic) bond motifs is 26. The number of hydrogen-bond acceptors (Lipinski definition) is 14. The van der Waals surface area contributed by atoms with Gasteiger partial charge in [0, 0.05) is 110 Å². The van der Waals surface area contributed by atoms with E-state index in [9.17, 15) is 0 Å². The normalized spacial score (nSPS) is 11.8. The van der Waals surface area contributed by atoms with Crippen LogP contribution >= 0.6 is 0 Å². The minimum atomic E-state index is 0.537. The Kier molecular flexibility index (Phi) is 18.6. The topological polar surface area (TPSA) is 181 Å². The van der Waals surface area contributed by atoms with Gasteiger partial charge in [0.15, 0.2) is 52.4 Å². The fourth-order valence-electron chi connectivity index (χ4n) is 20.2. The molecule has 29 rings (SSSR count). The Labute approximate surface area is 786 Å². The number of rotatable bonds is 10. The Morgan fingerprint density at radius 3 is 1.05 bits per heavy atom. The van der Waals surface area contributed by atoms with Crippen molar-refractivity contribution in [1.82, 2.24) is 49.8 Å². The van der Waals surface area contributed by atoms with E-state index in [1.165, 1.54) is 43.1 Å². The van der Waals surface area contributed by atoms with E-state index in [0.717, 1.165) is 186 Å². The lowest BCUT2D eigenvalue weighted by Crippen LogP contribution is -2.01. The number of para-hydroxylation sites is 3. The molecular formula is C124H72N10O4. The first-order chi connectivity index (χ1) is 68.4. The third kappa shape index (κ3) is 13.5. The van der Waals surface area contributed by atoms with Crippen LogP contribution in [0.2, 0.25) is 0 Å². The van der Waals surface area contributed by atoms with E-state index in [2.05, 4.69) is 272 Å². The largest absolute Gasteiger partial charge is 0.456 e. The van der Waals surface area contributed by atoms with E-state index in [1.807, 2.05) is 164 Å². The second-order valence-electron chi connectivity index (χ2n) is 34.6. The van der Waals surface area contributed by atoms with Gasteiger partial charge in [-0.2, -0.15) is 0 Å². The van der Waals surface area contributed by atoms with Crippen LogP contribution in [-0.4, -0.2) is 49.8 Å². The predicted octanol–water partition coefficient (Wildman–Crippen LogP) is 32.5. The summed E-state index contributed by atoms with van der Waals surface area (Å²) in [6, 6.07) is 148. The molecule has 0 saturated heterocycles. The maximum Gasteiger partial charge on any atom is 0.182 e. The molecule has 14 heteroatoms. The first kappa shape index (κ1) is 78.9. The van der Waals surface area contributed by atoms with Crippen molar-refractivity contribution in [3.05, 3.63) is 437 Å². The van der Waals surface area contributed by atoms with Crippen molar-refractivity contribution in [2.45, 2.75) is 0 Å². The molecule has 0 fully saturated rings. The maximum absolute atomic E-state index is 6.51. The molecule has 8 heterocycles. The Morgan fingerprint density at radius 1 is 0.138 bits per heavy atom. The summed E-state index contributed by atoms with van der Waals surface area (Å²) in [4.78, 5) is 50.0. The average molecular weight is 1770 g/mol. The molecule has 29 aromatic rings. The minimum Gasteiger partial charge on any atom is -0.456 e. The van der Waals surface area contributed by atoms with E-state index in [0.29, 0.717) is 58.1 Å². The first-order valence-electron chi connectivity index (χ1n) is 46.0. The van der Waals surface area contributed by atoms with Gasteiger partial charge in [0.2, 0.25) is 0 Å². The van der Waals surface area contributed by atoms with Gasteiger partial charge in [0.25, 0.3) is 0 Å². The molecule has 0 saturated carbocycles. The molecule has 138 heavy (non-hydrogen) atoms. The number of pyridine rings is 1. The zero-order valence-electron chi connectivity index (χ0n) is 73.7. The summed E-state index contributed by atoms with van der Waals surface area (Å²) in [5, 5.41) is 27.1. The Balaban J connectivity index is 0.000000105. The fourth-order valence-corrected chi connectivity index (χ4v) is 20.2. The zero-order chi connectivity index (χ0) is 90.8. The molecule has 0 amide bonds. The molecule has 0 bridgehead atoms. The standard InChI is InChI=1S/C44H26N4O.C41H23N3O2.C39H23N3O/c1-2-11-29(12-3-1)42-46-43(48-44(47-42)37-18-6-7-25-45-37)35-17-9-15-33-31(14-8-16-34(33)35)30-22-23-38-36(26-30)41-39(49-38)24-21-28-20-19-27-10-4-5-13-32(27)40(28)41;1-2-12-25(13-3-1)39-42-40(30-17-10-20-34-36(30)28-15-6-8-18-32(28)45-34)44-41(43-39)31-23-35-38(29-16-7-9-19-33(29)46-35)37-26-14-5-4-11-24(26)21-22-27(31)37;1-2-12-26(13-3-1)37-40-38(28-19-18-24-10-4-5-14-27(24)22-28)42-39(41-37)32-23-34-36(31-16-8-9-17-33(31)43-34)35-29-15-7-6-11-25(29)20-21-30(32)35/h1-26H;1-23H;1-23H. The smallest absolute Gasteiger partial charge is 0.182 e. The van der Waals surface area contributed by atoms with Crippen molar-refractivity contribution in [3.63, 3.8) is 0 Å². The number of benzene rings is 21. The van der Waals surface area contributed by atoms with Gasteiger partial charge in [0.05, 0.1) is 0 Å². The Morgan fingerprint density at radius 2 is 0.486 bits per heavy atom. The van der Waals surface area contributed by atoms with Crippen molar-refractivity contribution in [1.29, 1.82) is 0 Å². The summed E-state index contributed by atoms with van der Waals surface area (Å²) in [5.74, 6) is 5.39. The van der Waals surface area contributed by atoms with Gasteiger partial charge in [-0.05, 0) is 154 Å². The van der Waals surface area contributed by atoms with Gasteiger partial charge >= 0.3 is 0 Å². The van der Waals surface area contributed by atoms with Gasteiger partial charge in [-0.3, -0.25) is 4.98 Å². The SMILES string of the molecule is c1ccc(-c2nc(-c3cc4oc5ccccc5c4c4c3ccc3ccccc34)nc(-c3cccc4oc5ccccc5c34)n2)cc1.c1ccc(-c2nc(-c3ccc4ccccc4c3)nc(-c3cc4oc5ccccc5c4c4c3ccc3ccccc34)n2)cc1.c1ccc(-c2nc(-c3ccccn3)nc(-c3cccc4c(-c5ccc6oc7ccc8ccc9ccccc9c8c7c6c5)cccc34)n2)cc1. The molecule has 21 aromatic carbocycles. The molecule has 0 radical (unpaired) electrons. The summed E-state index contributed by atoms with van der Waals surface area (Å²) < 4.78 is 25.7. The fraction of sp³-hybridized carbons (Fsp3) is 0. The summed E-state index contributed by atoms with van der Waals surface area (Å²) in [6.45, 7) is 0.